The SMILES string of the molecule is O=C(Nc1ccc(N2CCCCCC2)cc1)c1ccc(F)cc1I. The first-order valence-corrected chi connectivity index (χ1v) is 9.33. The van der Waals surface area contributed by atoms with Crippen LogP contribution >= 0.6 is 22.6 Å². The molecule has 126 valence electrons. The maximum atomic E-state index is 13.1. The molecule has 0 bridgehead atoms. The van der Waals surface area contributed by atoms with Gasteiger partial charge in [0, 0.05) is 28.0 Å². The number of carbonyl (C=O) groups excluding carboxylic acids is 1. The van der Waals surface area contributed by atoms with Gasteiger partial charge in [-0.15, -0.1) is 0 Å². The fourth-order valence-electron chi connectivity index (χ4n) is 2.96. The molecular formula is C19H20FIN2O. The molecule has 1 aliphatic heterocycles. The molecule has 1 aliphatic rings. The maximum absolute atomic E-state index is 13.1. The lowest BCUT2D eigenvalue weighted by atomic mass is 10.2. The molecular weight excluding hydrogens is 418 g/mol. The van der Waals surface area contributed by atoms with Gasteiger partial charge in [-0.25, -0.2) is 4.39 Å². The van der Waals surface area contributed by atoms with Gasteiger partial charge in [0.25, 0.3) is 5.91 Å². The molecule has 3 rings (SSSR count). The molecule has 2 aromatic carbocycles. The third-order valence-corrected chi connectivity index (χ3v) is 5.16. The summed E-state index contributed by atoms with van der Waals surface area (Å²) >= 11 is 1.97. The average Bonchev–Trinajstić information content (AvgIpc) is 2.84. The first kappa shape index (κ1) is 17.2. The summed E-state index contributed by atoms with van der Waals surface area (Å²) in [5.41, 5.74) is 2.43. The summed E-state index contributed by atoms with van der Waals surface area (Å²) < 4.78 is 13.7. The fourth-order valence-corrected chi connectivity index (χ4v) is 3.68. The highest BCUT2D eigenvalue weighted by Gasteiger charge is 2.12. The van der Waals surface area contributed by atoms with Crippen LogP contribution in [-0.2, 0) is 0 Å². The van der Waals surface area contributed by atoms with Crippen molar-refractivity contribution in [2.45, 2.75) is 25.7 Å². The van der Waals surface area contributed by atoms with Crippen molar-refractivity contribution in [2.24, 2.45) is 0 Å². The highest BCUT2D eigenvalue weighted by molar-refractivity contribution is 14.1. The zero-order valence-electron chi connectivity index (χ0n) is 13.4. The van der Waals surface area contributed by atoms with Crippen LogP contribution in [0.3, 0.4) is 0 Å². The van der Waals surface area contributed by atoms with Crippen molar-refractivity contribution in [2.75, 3.05) is 23.3 Å². The number of rotatable bonds is 3. The van der Waals surface area contributed by atoms with Gasteiger partial charge < -0.3 is 10.2 Å². The molecule has 0 spiro atoms. The number of nitrogens with zero attached hydrogens (tertiary/aromatic N) is 1. The Bertz CT molecular complexity index is 710. The Morgan fingerprint density at radius 3 is 2.29 bits per heavy atom. The minimum absolute atomic E-state index is 0.220. The second kappa shape index (κ2) is 7.96. The second-order valence-electron chi connectivity index (χ2n) is 6.03. The first-order chi connectivity index (χ1) is 11.6. The van der Waals surface area contributed by atoms with Gasteiger partial charge in [0.15, 0.2) is 0 Å². The van der Waals surface area contributed by atoms with Crippen LogP contribution in [-0.4, -0.2) is 19.0 Å². The van der Waals surface area contributed by atoms with E-state index in [9.17, 15) is 9.18 Å². The van der Waals surface area contributed by atoms with Crippen LogP contribution in [0.4, 0.5) is 15.8 Å². The van der Waals surface area contributed by atoms with Crippen molar-refractivity contribution in [3.05, 3.63) is 57.4 Å². The van der Waals surface area contributed by atoms with Crippen molar-refractivity contribution in [1.29, 1.82) is 0 Å². The van der Waals surface area contributed by atoms with Gasteiger partial charge in [-0.1, -0.05) is 12.8 Å². The number of anilines is 2. The van der Waals surface area contributed by atoms with Crippen molar-refractivity contribution >= 4 is 39.9 Å². The van der Waals surface area contributed by atoms with E-state index in [2.05, 4.69) is 22.3 Å². The minimum atomic E-state index is -0.335. The summed E-state index contributed by atoms with van der Waals surface area (Å²) in [5.74, 6) is -0.556. The zero-order valence-corrected chi connectivity index (χ0v) is 15.6. The fraction of sp³-hybridized carbons (Fsp3) is 0.316. The smallest absolute Gasteiger partial charge is 0.256 e. The van der Waals surface area contributed by atoms with E-state index >= 15 is 0 Å². The summed E-state index contributed by atoms with van der Waals surface area (Å²) in [6.07, 6.45) is 5.09. The number of hydrogen-bond donors (Lipinski definition) is 1. The van der Waals surface area contributed by atoms with Crippen LogP contribution < -0.4 is 10.2 Å². The normalized spacial score (nSPS) is 15.0. The average molecular weight is 438 g/mol. The van der Waals surface area contributed by atoms with E-state index in [-0.39, 0.29) is 11.7 Å². The lowest BCUT2D eigenvalue weighted by Gasteiger charge is -2.22. The third kappa shape index (κ3) is 4.26. The van der Waals surface area contributed by atoms with Gasteiger partial charge >= 0.3 is 0 Å². The van der Waals surface area contributed by atoms with Gasteiger partial charge in [0.05, 0.1) is 5.56 Å². The molecule has 0 atom stereocenters. The molecule has 1 N–H and O–H groups in total. The number of benzene rings is 2. The van der Waals surface area contributed by atoms with Crippen LogP contribution in [0.5, 0.6) is 0 Å². The Morgan fingerprint density at radius 2 is 1.67 bits per heavy atom. The Labute approximate surface area is 155 Å². The Balaban J connectivity index is 1.68. The van der Waals surface area contributed by atoms with Crippen LogP contribution in [0.25, 0.3) is 0 Å². The van der Waals surface area contributed by atoms with Crippen molar-refractivity contribution in [3.8, 4) is 0 Å². The molecule has 1 fully saturated rings. The van der Waals surface area contributed by atoms with Crippen molar-refractivity contribution < 1.29 is 9.18 Å². The Morgan fingerprint density at radius 1 is 1.00 bits per heavy atom. The van der Waals surface area contributed by atoms with E-state index < -0.39 is 0 Å². The van der Waals surface area contributed by atoms with Crippen molar-refractivity contribution in [3.63, 3.8) is 0 Å². The molecule has 0 aromatic heterocycles. The first-order valence-electron chi connectivity index (χ1n) is 8.25. The molecule has 5 heteroatoms. The standard InChI is InChI=1S/C19H20FIN2O/c20-14-5-10-17(18(21)13-14)19(24)22-15-6-8-16(9-7-15)23-11-3-1-2-4-12-23/h5-10,13H,1-4,11-12H2,(H,22,24). The predicted molar refractivity (Wildman–Crippen MR) is 104 cm³/mol. The van der Waals surface area contributed by atoms with Crippen LogP contribution in [0.15, 0.2) is 42.5 Å². The van der Waals surface area contributed by atoms with Crippen LogP contribution in [0.2, 0.25) is 0 Å². The van der Waals surface area contributed by atoms with Gasteiger partial charge in [-0.05, 0) is 77.9 Å². The minimum Gasteiger partial charge on any atom is -0.372 e. The quantitative estimate of drug-likeness (QED) is 0.680. The molecule has 0 unspecified atom stereocenters. The van der Waals surface area contributed by atoms with Gasteiger partial charge in [-0.3, -0.25) is 4.79 Å². The molecule has 1 saturated heterocycles. The molecule has 0 radical (unpaired) electrons. The van der Waals surface area contributed by atoms with E-state index in [0.717, 1.165) is 18.8 Å². The molecule has 24 heavy (non-hydrogen) atoms. The summed E-state index contributed by atoms with van der Waals surface area (Å²) in [6.45, 7) is 2.19. The van der Waals surface area contributed by atoms with Crippen LogP contribution in [0, 0.1) is 9.39 Å². The zero-order chi connectivity index (χ0) is 16.9. The largest absolute Gasteiger partial charge is 0.372 e. The molecule has 2 aromatic rings. The number of halogens is 2. The summed E-state index contributed by atoms with van der Waals surface area (Å²) in [5, 5.41) is 2.88. The monoisotopic (exact) mass is 438 g/mol. The third-order valence-electron chi connectivity index (χ3n) is 4.27. The highest BCUT2D eigenvalue weighted by atomic mass is 127. The number of nitrogens with one attached hydrogen (secondary N) is 1. The molecule has 0 aliphatic carbocycles. The molecule has 1 amide bonds. The van der Waals surface area contributed by atoms with E-state index in [1.807, 2.05) is 34.7 Å². The van der Waals surface area contributed by atoms with Crippen molar-refractivity contribution in [1.82, 2.24) is 0 Å². The van der Waals surface area contributed by atoms with E-state index in [1.54, 1.807) is 0 Å². The molecule has 0 saturated carbocycles. The van der Waals surface area contributed by atoms with Gasteiger partial charge in [0.2, 0.25) is 0 Å². The van der Waals surface area contributed by atoms with Crippen LogP contribution in [0.1, 0.15) is 36.0 Å². The predicted octanol–water partition coefficient (Wildman–Crippen LogP) is 5.06. The second-order valence-corrected chi connectivity index (χ2v) is 7.19. The molecule has 3 nitrogen and oxygen atoms in total. The summed E-state index contributed by atoms with van der Waals surface area (Å²) in [4.78, 5) is 14.7. The summed E-state index contributed by atoms with van der Waals surface area (Å²) in [7, 11) is 0. The number of amides is 1. The van der Waals surface area contributed by atoms with E-state index in [4.69, 9.17) is 0 Å². The van der Waals surface area contributed by atoms with Gasteiger partial charge in [-0.2, -0.15) is 0 Å². The number of hydrogen-bond acceptors (Lipinski definition) is 2. The summed E-state index contributed by atoms with van der Waals surface area (Å²) in [6, 6.07) is 12.1. The Hall–Kier alpha value is -1.63. The molecule has 1 heterocycles. The maximum Gasteiger partial charge on any atom is 0.256 e. The highest BCUT2D eigenvalue weighted by Crippen LogP contribution is 2.22. The topological polar surface area (TPSA) is 32.3 Å². The number of carbonyl (C=O) groups is 1. The Kier molecular flexibility index (Phi) is 5.71. The van der Waals surface area contributed by atoms with E-state index in [0.29, 0.717) is 9.13 Å². The lowest BCUT2D eigenvalue weighted by Crippen LogP contribution is -2.23. The lowest BCUT2D eigenvalue weighted by molar-refractivity contribution is 0.102. The van der Waals surface area contributed by atoms with Gasteiger partial charge in [0.1, 0.15) is 5.82 Å². The van der Waals surface area contributed by atoms with E-state index in [1.165, 1.54) is 49.6 Å².